The van der Waals surface area contributed by atoms with E-state index in [0.29, 0.717) is 11.0 Å². The molecular weight excluding hydrogens is 270 g/mol. The molecule has 2 aromatic carbocycles. The highest BCUT2D eigenvalue weighted by atomic mass is 16.5. The second kappa shape index (κ2) is 4.90. The Hall–Kier alpha value is -2.89. The largest absolute Gasteiger partial charge is 0.496 e. The predicted octanol–water partition coefficient (Wildman–Crippen LogP) is 2.44. The Labute approximate surface area is 120 Å². The first-order valence-corrected chi connectivity index (χ1v) is 6.34. The SMILES string of the molecule is COc1ccc(-n2nnc3c(C(=O)O)cccc32)cc1C. The zero-order chi connectivity index (χ0) is 15.0. The quantitative estimate of drug-likeness (QED) is 0.798. The molecule has 0 saturated carbocycles. The lowest BCUT2D eigenvalue weighted by Crippen LogP contribution is -1.99. The number of aromatic carboxylic acids is 1. The van der Waals surface area contributed by atoms with Gasteiger partial charge in [0.15, 0.2) is 0 Å². The lowest BCUT2D eigenvalue weighted by molar-refractivity contribution is 0.0699. The van der Waals surface area contributed by atoms with Crippen LogP contribution in [-0.4, -0.2) is 33.2 Å². The van der Waals surface area contributed by atoms with Crippen LogP contribution < -0.4 is 4.74 Å². The molecule has 0 atom stereocenters. The van der Waals surface area contributed by atoms with Crippen molar-refractivity contribution >= 4 is 17.0 Å². The molecule has 0 fully saturated rings. The Morgan fingerprint density at radius 2 is 2.10 bits per heavy atom. The van der Waals surface area contributed by atoms with Crippen LogP contribution in [0, 0.1) is 6.92 Å². The molecule has 0 unspecified atom stereocenters. The number of ether oxygens (including phenoxy) is 1. The first-order valence-electron chi connectivity index (χ1n) is 6.34. The van der Waals surface area contributed by atoms with Gasteiger partial charge >= 0.3 is 5.97 Å². The fraction of sp³-hybridized carbons (Fsp3) is 0.133. The molecule has 1 N–H and O–H groups in total. The Bertz CT molecular complexity index is 839. The van der Waals surface area contributed by atoms with Crippen molar-refractivity contribution in [1.82, 2.24) is 15.0 Å². The van der Waals surface area contributed by atoms with Crippen LogP contribution in [0.1, 0.15) is 15.9 Å². The average molecular weight is 283 g/mol. The highest BCUT2D eigenvalue weighted by Crippen LogP contribution is 2.24. The molecule has 3 aromatic rings. The summed E-state index contributed by atoms with van der Waals surface area (Å²) in [5.74, 6) is -0.229. The van der Waals surface area contributed by atoms with Gasteiger partial charge in [-0.25, -0.2) is 9.48 Å². The molecule has 1 aromatic heterocycles. The van der Waals surface area contributed by atoms with Gasteiger partial charge in [0, 0.05) is 0 Å². The maximum absolute atomic E-state index is 11.2. The molecule has 106 valence electrons. The van der Waals surface area contributed by atoms with Gasteiger partial charge in [0.05, 0.1) is 23.9 Å². The van der Waals surface area contributed by atoms with Crippen LogP contribution >= 0.6 is 0 Å². The van der Waals surface area contributed by atoms with Crippen LogP contribution in [0.25, 0.3) is 16.7 Å². The summed E-state index contributed by atoms with van der Waals surface area (Å²) in [7, 11) is 1.62. The minimum Gasteiger partial charge on any atom is -0.496 e. The number of nitrogens with zero attached hydrogens (tertiary/aromatic N) is 3. The van der Waals surface area contributed by atoms with Crippen molar-refractivity contribution in [3.63, 3.8) is 0 Å². The Balaban J connectivity index is 2.20. The summed E-state index contributed by atoms with van der Waals surface area (Å²) >= 11 is 0. The summed E-state index contributed by atoms with van der Waals surface area (Å²) in [5, 5.41) is 17.2. The third kappa shape index (κ3) is 2.10. The second-order valence-electron chi connectivity index (χ2n) is 4.63. The highest BCUT2D eigenvalue weighted by molar-refractivity contribution is 6.00. The number of aromatic nitrogens is 3. The van der Waals surface area contributed by atoms with Gasteiger partial charge in [-0.15, -0.1) is 5.10 Å². The molecule has 6 heteroatoms. The highest BCUT2D eigenvalue weighted by Gasteiger charge is 2.14. The van der Waals surface area contributed by atoms with Crippen molar-refractivity contribution < 1.29 is 14.6 Å². The van der Waals surface area contributed by atoms with Gasteiger partial charge in [-0.1, -0.05) is 11.3 Å². The summed E-state index contributed by atoms with van der Waals surface area (Å²) in [6, 6.07) is 10.6. The van der Waals surface area contributed by atoms with Crippen LogP contribution in [0.2, 0.25) is 0 Å². The molecular formula is C15H13N3O3. The maximum atomic E-state index is 11.2. The minimum atomic E-state index is -1.02. The first-order chi connectivity index (χ1) is 10.1. The van der Waals surface area contributed by atoms with Gasteiger partial charge in [0.25, 0.3) is 0 Å². The van der Waals surface area contributed by atoms with E-state index in [1.807, 2.05) is 25.1 Å². The number of rotatable bonds is 3. The van der Waals surface area contributed by atoms with Gasteiger partial charge in [-0.3, -0.25) is 0 Å². The number of fused-ring (bicyclic) bond motifs is 1. The zero-order valence-electron chi connectivity index (χ0n) is 11.6. The minimum absolute atomic E-state index is 0.143. The molecule has 0 amide bonds. The molecule has 0 aliphatic heterocycles. The lowest BCUT2D eigenvalue weighted by Gasteiger charge is -2.07. The van der Waals surface area contributed by atoms with Gasteiger partial charge in [0.1, 0.15) is 11.3 Å². The van der Waals surface area contributed by atoms with Crippen molar-refractivity contribution in [1.29, 1.82) is 0 Å². The Kier molecular flexibility index (Phi) is 3.06. The fourth-order valence-corrected chi connectivity index (χ4v) is 2.30. The van der Waals surface area contributed by atoms with E-state index >= 15 is 0 Å². The van der Waals surface area contributed by atoms with Gasteiger partial charge in [0.2, 0.25) is 0 Å². The van der Waals surface area contributed by atoms with E-state index in [1.54, 1.807) is 23.9 Å². The van der Waals surface area contributed by atoms with E-state index in [1.165, 1.54) is 6.07 Å². The van der Waals surface area contributed by atoms with E-state index < -0.39 is 5.97 Å². The molecule has 0 spiro atoms. The molecule has 21 heavy (non-hydrogen) atoms. The molecule has 0 bridgehead atoms. The number of aryl methyl sites for hydroxylation is 1. The number of benzene rings is 2. The number of carbonyl (C=O) groups is 1. The van der Waals surface area contributed by atoms with Crippen molar-refractivity contribution in [3.05, 3.63) is 47.5 Å². The standard InChI is InChI=1S/C15H13N3O3/c1-9-8-10(6-7-13(9)21-2)18-12-5-3-4-11(15(19)20)14(12)16-17-18/h3-8H,1-2H3,(H,19,20). The van der Waals surface area contributed by atoms with Crippen molar-refractivity contribution in [3.8, 4) is 11.4 Å². The maximum Gasteiger partial charge on any atom is 0.338 e. The van der Waals surface area contributed by atoms with Crippen molar-refractivity contribution in [2.75, 3.05) is 7.11 Å². The lowest BCUT2D eigenvalue weighted by atomic mass is 10.1. The fourth-order valence-electron chi connectivity index (χ4n) is 2.30. The van der Waals surface area contributed by atoms with Crippen LogP contribution in [0.4, 0.5) is 0 Å². The summed E-state index contributed by atoms with van der Waals surface area (Å²) in [5.41, 5.74) is 2.94. The monoisotopic (exact) mass is 283 g/mol. The van der Waals surface area contributed by atoms with E-state index in [9.17, 15) is 9.90 Å². The third-order valence-corrected chi connectivity index (χ3v) is 3.33. The van der Waals surface area contributed by atoms with Gasteiger partial charge in [-0.05, 0) is 42.8 Å². The van der Waals surface area contributed by atoms with E-state index in [0.717, 1.165) is 17.0 Å². The van der Waals surface area contributed by atoms with Crippen molar-refractivity contribution in [2.45, 2.75) is 6.92 Å². The van der Waals surface area contributed by atoms with Crippen LogP contribution in [0.5, 0.6) is 5.75 Å². The number of carboxylic acid groups (broad SMARTS) is 1. The molecule has 0 saturated heterocycles. The van der Waals surface area contributed by atoms with E-state index in [2.05, 4.69) is 10.3 Å². The number of hydrogen-bond donors (Lipinski definition) is 1. The summed E-state index contributed by atoms with van der Waals surface area (Å²) in [6.45, 7) is 1.93. The number of hydrogen-bond acceptors (Lipinski definition) is 4. The number of methoxy groups -OCH3 is 1. The Morgan fingerprint density at radius 1 is 1.29 bits per heavy atom. The summed E-state index contributed by atoms with van der Waals surface area (Å²) in [6.07, 6.45) is 0. The van der Waals surface area contributed by atoms with Crippen LogP contribution in [0.15, 0.2) is 36.4 Å². The molecule has 0 aliphatic carbocycles. The smallest absolute Gasteiger partial charge is 0.338 e. The van der Waals surface area contributed by atoms with E-state index in [4.69, 9.17) is 4.74 Å². The Morgan fingerprint density at radius 3 is 2.76 bits per heavy atom. The number of carboxylic acids is 1. The van der Waals surface area contributed by atoms with E-state index in [-0.39, 0.29) is 5.56 Å². The van der Waals surface area contributed by atoms with Crippen molar-refractivity contribution in [2.24, 2.45) is 0 Å². The third-order valence-electron chi connectivity index (χ3n) is 3.33. The first kappa shape index (κ1) is 13.1. The average Bonchev–Trinajstić information content (AvgIpc) is 2.90. The van der Waals surface area contributed by atoms with Crippen LogP contribution in [-0.2, 0) is 0 Å². The van der Waals surface area contributed by atoms with Gasteiger partial charge < -0.3 is 9.84 Å². The molecule has 1 heterocycles. The zero-order valence-corrected chi connectivity index (χ0v) is 11.6. The summed E-state index contributed by atoms with van der Waals surface area (Å²) < 4.78 is 6.85. The summed E-state index contributed by atoms with van der Waals surface area (Å²) in [4.78, 5) is 11.2. The predicted molar refractivity (Wildman–Crippen MR) is 77.1 cm³/mol. The topological polar surface area (TPSA) is 77.2 Å². The second-order valence-corrected chi connectivity index (χ2v) is 4.63. The van der Waals surface area contributed by atoms with Gasteiger partial charge in [-0.2, -0.15) is 0 Å². The normalized spacial score (nSPS) is 10.8. The molecule has 0 radical (unpaired) electrons. The molecule has 0 aliphatic rings. The van der Waals surface area contributed by atoms with Crippen LogP contribution in [0.3, 0.4) is 0 Å². The molecule has 3 rings (SSSR count). The molecule has 6 nitrogen and oxygen atoms in total.